The van der Waals surface area contributed by atoms with Crippen molar-refractivity contribution >= 4 is 11.9 Å². The smallest absolute Gasteiger partial charge is 0.354 e. The molecule has 0 saturated carbocycles. The molecule has 1 aromatic rings. The van der Waals surface area contributed by atoms with E-state index in [4.69, 9.17) is 5.11 Å². The fourth-order valence-electron chi connectivity index (χ4n) is 1.70. The summed E-state index contributed by atoms with van der Waals surface area (Å²) in [5.74, 6) is -0.933. The fraction of sp³-hybridized carbons (Fsp3) is 0.500. The predicted molar refractivity (Wildman–Crippen MR) is 72.2 cm³/mol. The van der Waals surface area contributed by atoms with Crippen LogP contribution in [0.2, 0.25) is 0 Å². The van der Waals surface area contributed by atoms with Crippen molar-refractivity contribution in [1.29, 1.82) is 0 Å². The van der Waals surface area contributed by atoms with Gasteiger partial charge in [0.25, 0.3) is 5.91 Å². The zero-order valence-electron chi connectivity index (χ0n) is 11.6. The molecule has 1 amide bonds. The Morgan fingerprint density at radius 3 is 2.47 bits per heavy atom. The Morgan fingerprint density at radius 2 is 1.95 bits per heavy atom. The molecule has 0 aliphatic heterocycles. The Morgan fingerprint density at radius 1 is 1.32 bits per heavy atom. The Kier molecular flexibility index (Phi) is 5.48. The van der Waals surface area contributed by atoms with Crippen molar-refractivity contribution in [2.45, 2.75) is 27.2 Å². The Balaban J connectivity index is 2.91. The number of rotatable bonds is 6. The first-order valence-electron chi connectivity index (χ1n) is 6.49. The molecule has 1 heterocycles. The molecule has 1 unspecified atom stereocenters. The van der Waals surface area contributed by atoms with Crippen LogP contribution in [-0.2, 0) is 0 Å². The summed E-state index contributed by atoms with van der Waals surface area (Å²) in [5, 5.41) is 8.88. The summed E-state index contributed by atoms with van der Waals surface area (Å²) in [5.41, 5.74) is 0.0792. The summed E-state index contributed by atoms with van der Waals surface area (Å²) in [6, 6.07) is 4.47. The molecule has 0 fully saturated rings. The number of carbonyl (C=O) groups is 2. The van der Waals surface area contributed by atoms with E-state index in [1.54, 1.807) is 17.0 Å². The van der Waals surface area contributed by atoms with Crippen molar-refractivity contribution < 1.29 is 14.7 Å². The number of pyridine rings is 1. The van der Waals surface area contributed by atoms with E-state index in [9.17, 15) is 9.59 Å². The van der Waals surface area contributed by atoms with E-state index in [0.717, 1.165) is 6.42 Å². The summed E-state index contributed by atoms with van der Waals surface area (Å²) in [7, 11) is 0. The fourth-order valence-corrected chi connectivity index (χ4v) is 1.70. The van der Waals surface area contributed by atoms with E-state index in [-0.39, 0.29) is 17.3 Å². The average molecular weight is 264 g/mol. The Hall–Kier alpha value is -1.91. The summed E-state index contributed by atoms with van der Waals surface area (Å²) < 4.78 is 0. The minimum atomic E-state index is -1.13. The second kappa shape index (κ2) is 6.87. The lowest BCUT2D eigenvalue weighted by Gasteiger charge is -2.23. The van der Waals surface area contributed by atoms with Gasteiger partial charge in [0, 0.05) is 13.1 Å². The van der Waals surface area contributed by atoms with Crippen molar-refractivity contribution in [3.05, 3.63) is 29.6 Å². The Bertz CT molecular complexity index is 460. The number of nitrogens with zero attached hydrogens (tertiary/aromatic N) is 2. The van der Waals surface area contributed by atoms with E-state index >= 15 is 0 Å². The van der Waals surface area contributed by atoms with Crippen LogP contribution in [0.4, 0.5) is 0 Å². The van der Waals surface area contributed by atoms with Crippen molar-refractivity contribution in [3.63, 3.8) is 0 Å². The summed E-state index contributed by atoms with van der Waals surface area (Å²) >= 11 is 0. The third-order valence-corrected chi connectivity index (χ3v) is 3.09. The van der Waals surface area contributed by atoms with Crippen molar-refractivity contribution in [3.8, 4) is 0 Å². The molecule has 0 radical (unpaired) electrons. The second-order valence-electron chi connectivity index (χ2n) is 4.57. The van der Waals surface area contributed by atoms with Gasteiger partial charge in [-0.15, -0.1) is 0 Å². The van der Waals surface area contributed by atoms with Gasteiger partial charge in [-0.3, -0.25) is 4.79 Å². The van der Waals surface area contributed by atoms with Crippen LogP contribution in [-0.4, -0.2) is 40.0 Å². The zero-order valence-corrected chi connectivity index (χ0v) is 11.6. The molecule has 5 heteroatoms. The number of amides is 1. The maximum atomic E-state index is 12.3. The van der Waals surface area contributed by atoms with Crippen LogP contribution in [0.1, 0.15) is 48.2 Å². The normalized spacial score (nSPS) is 11.9. The molecule has 104 valence electrons. The van der Waals surface area contributed by atoms with Gasteiger partial charge in [0.2, 0.25) is 0 Å². The third-order valence-electron chi connectivity index (χ3n) is 3.09. The van der Waals surface area contributed by atoms with Crippen LogP contribution < -0.4 is 0 Å². The van der Waals surface area contributed by atoms with Gasteiger partial charge in [-0.1, -0.05) is 26.3 Å². The van der Waals surface area contributed by atoms with Crippen LogP contribution in [0.25, 0.3) is 0 Å². The first-order valence-corrected chi connectivity index (χ1v) is 6.49. The van der Waals surface area contributed by atoms with Gasteiger partial charge < -0.3 is 10.0 Å². The van der Waals surface area contributed by atoms with Gasteiger partial charge >= 0.3 is 5.97 Å². The topological polar surface area (TPSA) is 70.5 Å². The highest BCUT2D eigenvalue weighted by molar-refractivity contribution is 5.94. The minimum absolute atomic E-state index is 0.106. The highest BCUT2D eigenvalue weighted by Gasteiger charge is 2.18. The first kappa shape index (κ1) is 15.1. The zero-order chi connectivity index (χ0) is 14.4. The van der Waals surface area contributed by atoms with E-state index in [0.29, 0.717) is 19.0 Å². The van der Waals surface area contributed by atoms with Gasteiger partial charge in [0.1, 0.15) is 11.4 Å². The van der Waals surface area contributed by atoms with Crippen molar-refractivity contribution in [2.24, 2.45) is 5.92 Å². The lowest BCUT2D eigenvalue weighted by Crippen LogP contribution is -2.35. The standard InChI is InChI=1S/C14H20N2O3/c1-4-10(3)9-16(5-2)13(17)11-7-6-8-12(15-11)14(18)19/h6-8,10H,4-5,9H2,1-3H3,(H,18,19). The largest absolute Gasteiger partial charge is 0.477 e. The summed E-state index contributed by atoms with van der Waals surface area (Å²) in [6.45, 7) is 7.30. The van der Waals surface area contributed by atoms with E-state index in [1.165, 1.54) is 6.07 Å². The molecular weight excluding hydrogens is 244 g/mol. The average Bonchev–Trinajstić information content (AvgIpc) is 2.43. The molecule has 1 N–H and O–H groups in total. The highest BCUT2D eigenvalue weighted by atomic mass is 16.4. The number of aromatic nitrogens is 1. The van der Waals surface area contributed by atoms with Gasteiger partial charge in [-0.25, -0.2) is 9.78 Å². The predicted octanol–water partition coefficient (Wildman–Crippen LogP) is 2.29. The molecular formula is C14H20N2O3. The lowest BCUT2D eigenvalue weighted by molar-refractivity contribution is 0.0689. The van der Waals surface area contributed by atoms with Gasteiger partial charge in [0.15, 0.2) is 0 Å². The molecule has 5 nitrogen and oxygen atoms in total. The molecule has 0 aliphatic rings. The van der Waals surface area contributed by atoms with Gasteiger partial charge in [-0.05, 0) is 25.0 Å². The molecule has 19 heavy (non-hydrogen) atoms. The van der Waals surface area contributed by atoms with E-state index < -0.39 is 5.97 Å². The molecule has 1 atom stereocenters. The van der Waals surface area contributed by atoms with Crippen molar-refractivity contribution in [2.75, 3.05) is 13.1 Å². The molecule has 0 aliphatic carbocycles. The van der Waals surface area contributed by atoms with E-state index in [2.05, 4.69) is 18.8 Å². The van der Waals surface area contributed by atoms with Crippen LogP contribution in [0.5, 0.6) is 0 Å². The number of carboxylic acid groups (broad SMARTS) is 1. The maximum Gasteiger partial charge on any atom is 0.354 e. The number of hydrogen-bond acceptors (Lipinski definition) is 3. The molecule has 1 rings (SSSR count). The molecule has 1 aromatic heterocycles. The third kappa shape index (κ3) is 4.05. The molecule has 0 spiro atoms. The quantitative estimate of drug-likeness (QED) is 0.855. The number of hydrogen-bond donors (Lipinski definition) is 1. The Labute approximate surface area is 113 Å². The number of carboxylic acids is 1. The summed E-state index contributed by atoms with van der Waals surface area (Å²) in [4.78, 5) is 28.7. The maximum absolute atomic E-state index is 12.3. The lowest BCUT2D eigenvalue weighted by atomic mass is 10.1. The van der Waals surface area contributed by atoms with Gasteiger partial charge in [-0.2, -0.15) is 0 Å². The minimum Gasteiger partial charge on any atom is -0.477 e. The van der Waals surface area contributed by atoms with Crippen LogP contribution in [0.3, 0.4) is 0 Å². The van der Waals surface area contributed by atoms with Crippen LogP contribution >= 0.6 is 0 Å². The monoisotopic (exact) mass is 264 g/mol. The molecule has 0 bridgehead atoms. The van der Waals surface area contributed by atoms with Crippen molar-refractivity contribution in [1.82, 2.24) is 9.88 Å². The molecule has 0 aromatic carbocycles. The number of aromatic carboxylic acids is 1. The van der Waals surface area contributed by atoms with Gasteiger partial charge in [0.05, 0.1) is 0 Å². The SMILES string of the molecule is CCC(C)CN(CC)C(=O)c1cccc(C(=O)O)n1. The highest BCUT2D eigenvalue weighted by Crippen LogP contribution is 2.09. The summed E-state index contributed by atoms with van der Waals surface area (Å²) in [6.07, 6.45) is 0.992. The van der Waals surface area contributed by atoms with Crippen LogP contribution in [0, 0.1) is 5.92 Å². The first-order chi connectivity index (χ1) is 8.99. The second-order valence-corrected chi connectivity index (χ2v) is 4.57. The number of carbonyl (C=O) groups excluding carboxylic acids is 1. The van der Waals surface area contributed by atoms with E-state index in [1.807, 2.05) is 6.92 Å². The van der Waals surface area contributed by atoms with Crippen LogP contribution in [0.15, 0.2) is 18.2 Å². The molecule has 0 saturated heterocycles.